The summed E-state index contributed by atoms with van der Waals surface area (Å²) in [5.41, 5.74) is 3.07. The molecule has 2 aliphatic rings. The predicted octanol–water partition coefficient (Wildman–Crippen LogP) is 4.34. The first-order chi connectivity index (χ1) is 16.1. The molecule has 0 bridgehead atoms. The van der Waals surface area contributed by atoms with E-state index >= 15 is 0 Å². The van der Waals surface area contributed by atoms with Crippen LogP contribution in [0.5, 0.6) is 11.5 Å². The molecule has 2 aliphatic heterocycles. The molecular formula is C27H27N3O3. The van der Waals surface area contributed by atoms with E-state index in [4.69, 9.17) is 4.74 Å². The van der Waals surface area contributed by atoms with Gasteiger partial charge in [-0.25, -0.2) is 0 Å². The minimum absolute atomic E-state index is 0.0410. The third-order valence-corrected chi connectivity index (χ3v) is 6.42. The Labute approximate surface area is 193 Å². The number of benzene rings is 3. The number of likely N-dealkylation sites (N-methyl/N-ethyl adjacent to an activating group) is 1. The van der Waals surface area contributed by atoms with Crippen LogP contribution in [-0.2, 0) is 4.79 Å². The standard InChI is InChI=1S/C27H27N3O3/c1-29-14-16-30(17-15-29)27(32)21-10-2-5-11-23(21)28-26(31)18-22-19-8-3-6-12-24(19)33-25-13-7-4-9-20(22)25/h2-13,22H,14-18H2,1H3,(H,28,31). The van der Waals surface area contributed by atoms with Gasteiger partial charge in [-0.2, -0.15) is 0 Å². The molecule has 2 heterocycles. The number of anilines is 1. The molecule has 0 radical (unpaired) electrons. The number of hydrogen-bond donors (Lipinski definition) is 1. The molecule has 1 N–H and O–H groups in total. The van der Waals surface area contributed by atoms with E-state index in [-0.39, 0.29) is 24.2 Å². The number of hydrogen-bond acceptors (Lipinski definition) is 4. The molecule has 0 saturated carbocycles. The molecule has 1 saturated heterocycles. The van der Waals surface area contributed by atoms with Crippen LogP contribution in [0.3, 0.4) is 0 Å². The number of nitrogens with zero attached hydrogens (tertiary/aromatic N) is 2. The lowest BCUT2D eigenvalue weighted by atomic mass is 9.85. The van der Waals surface area contributed by atoms with Gasteiger partial charge in [-0.1, -0.05) is 48.5 Å². The Kier molecular flexibility index (Phi) is 5.84. The summed E-state index contributed by atoms with van der Waals surface area (Å²) in [5.74, 6) is 1.26. The molecule has 0 unspecified atom stereocenters. The summed E-state index contributed by atoms with van der Waals surface area (Å²) < 4.78 is 6.05. The van der Waals surface area contributed by atoms with Crippen molar-refractivity contribution in [3.63, 3.8) is 0 Å². The molecule has 6 nitrogen and oxygen atoms in total. The van der Waals surface area contributed by atoms with Crippen molar-refractivity contribution in [1.82, 2.24) is 9.80 Å². The van der Waals surface area contributed by atoms with Crippen LogP contribution < -0.4 is 10.1 Å². The molecule has 3 aromatic rings. The lowest BCUT2D eigenvalue weighted by Crippen LogP contribution is -2.47. The van der Waals surface area contributed by atoms with Gasteiger partial charge >= 0.3 is 0 Å². The quantitative estimate of drug-likeness (QED) is 0.654. The highest BCUT2D eigenvalue weighted by Crippen LogP contribution is 2.45. The van der Waals surface area contributed by atoms with Crippen molar-refractivity contribution >= 4 is 17.5 Å². The van der Waals surface area contributed by atoms with Gasteiger partial charge in [-0.3, -0.25) is 9.59 Å². The van der Waals surface area contributed by atoms with E-state index in [1.54, 1.807) is 12.1 Å². The summed E-state index contributed by atoms with van der Waals surface area (Å²) in [5, 5.41) is 3.01. The molecule has 5 rings (SSSR count). The molecule has 1 fully saturated rings. The molecular weight excluding hydrogens is 414 g/mol. The van der Waals surface area contributed by atoms with Gasteiger partial charge in [0, 0.05) is 49.6 Å². The molecule has 33 heavy (non-hydrogen) atoms. The molecule has 2 amide bonds. The number of carbonyl (C=O) groups excluding carboxylic acids is 2. The van der Waals surface area contributed by atoms with E-state index in [1.807, 2.05) is 65.6 Å². The summed E-state index contributed by atoms with van der Waals surface area (Å²) in [4.78, 5) is 30.4. The lowest BCUT2D eigenvalue weighted by molar-refractivity contribution is -0.116. The SMILES string of the molecule is CN1CCN(C(=O)c2ccccc2NC(=O)CC2c3ccccc3Oc3ccccc32)CC1. The van der Waals surface area contributed by atoms with E-state index in [0.717, 1.165) is 35.7 Å². The highest BCUT2D eigenvalue weighted by Gasteiger charge is 2.29. The zero-order chi connectivity index (χ0) is 22.8. The molecule has 0 aromatic heterocycles. The van der Waals surface area contributed by atoms with E-state index in [0.29, 0.717) is 24.3 Å². The van der Waals surface area contributed by atoms with E-state index < -0.39 is 0 Å². The first-order valence-electron chi connectivity index (χ1n) is 11.3. The fourth-order valence-corrected chi connectivity index (χ4v) is 4.57. The topological polar surface area (TPSA) is 61.9 Å². The van der Waals surface area contributed by atoms with Gasteiger partial charge in [0.2, 0.25) is 5.91 Å². The van der Waals surface area contributed by atoms with Gasteiger partial charge in [-0.05, 0) is 31.3 Å². The Morgan fingerprint density at radius 2 is 1.42 bits per heavy atom. The number of amides is 2. The maximum Gasteiger partial charge on any atom is 0.256 e. The molecule has 168 valence electrons. The number of rotatable bonds is 4. The average Bonchev–Trinajstić information content (AvgIpc) is 2.84. The highest BCUT2D eigenvalue weighted by atomic mass is 16.5. The minimum Gasteiger partial charge on any atom is -0.457 e. The maximum absolute atomic E-state index is 13.2. The van der Waals surface area contributed by atoms with Crippen LogP contribution >= 0.6 is 0 Å². The fourth-order valence-electron chi connectivity index (χ4n) is 4.57. The van der Waals surface area contributed by atoms with Gasteiger partial charge in [0.15, 0.2) is 0 Å². The number of carbonyl (C=O) groups is 2. The van der Waals surface area contributed by atoms with Crippen molar-refractivity contribution in [2.24, 2.45) is 0 Å². The normalized spacial score (nSPS) is 15.8. The summed E-state index contributed by atoms with van der Waals surface area (Å²) in [7, 11) is 2.06. The Morgan fingerprint density at radius 3 is 2.09 bits per heavy atom. The number of ether oxygens (including phenoxy) is 1. The molecule has 3 aromatic carbocycles. The molecule has 0 spiro atoms. The second-order valence-corrected chi connectivity index (χ2v) is 8.62. The van der Waals surface area contributed by atoms with Gasteiger partial charge in [0.1, 0.15) is 11.5 Å². The summed E-state index contributed by atoms with van der Waals surface area (Å²) in [6, 6.07) is 22.9. The first-order valence-corrected chi connectivity index (χ1v) is 11.3. The molecule has 0 atom stereocenters. The molecule has 0 aliphatic carbocycles. The van der Waals surface area contributed by atoms with Crippen molar-refractivity contribution in [2.75, 3.05) is 38.5 Å². The van der Waals surface area contributed by atoms with Crippen LogP contribution in [0.4, 0.5) is 5.69 Å². The lowest BCUT2D eigenvalue weighted by Gasteiger charge is -2.32. The maximum atomic E-state index is 13.2. The van der Waals surface area contributed by atoms with Crippen LogP contribution in [0, 0.1) is 0 Å². The van der Waals surface area contributed by atoms with Crippen LogP contribution in [0.25, 0.3) is 0 Å². The minimum atomic E-state index is -0.134. The van der Waals surface area contributed by atoms with Crippen molar-refractivity contribution in [3.8, 4) is 11.5 Å². The molecule has 6 heteroatoms. The van der Waals surface area contributed by atoms with Crippen LogP contribution in [0.1, 0.15) is 33.8 Å². The van der Waals surface area contributed by atoms with Gasteiger partial charge in [-0.15, -0.1) is 0 Å². The Morgan fingerprint density at radius 1 is 0.848 bits per heavy atom. The van der Waals surface area contributed by atoms with E-state index in [9.17, 15) is 9.59 Å². The van der Waals surface area contributed by atoms with Gasteiger partial charge in [0.05, 0.1) is 11.3 Å². The first kappa shape index (κ1) is 21.2. The number of fused-ring (bicyclic) bond motifs is 2. The second kappa shape index (κ2) is 9.08. The average molecular weight is 442 g/mol. The van der Waals surface area contributed by atoms with Gasteiger partial charge < -0.3 is 19.9 Å². The summed E-state index contributed by atoms with van der Waals surface area (Å²) in [6.07, 6.45) is 0.258. The summed E-state index contributed by atoms with van der Waals surface area (Å²) >= 11 is 0. The number of piperazine rings is 1. The van der Waals surface area contributed by atoms with E-state index in [1.165, 1.54) is 0 Å². The fraction of sp³-hybridized carbons (Fsp3) is 0.259. The third kappa shape index (κ3) is 4.34. The summed E-state index contributed by atoms with van der Waals surface area (Å²) in [6.45, 7) is 3.08. The zero-order valence-electron chi connectivity index (χ0n) is 18.7. The Bertz CT molecular complexity index is 1140. The third-order valence-electron chi connectivity index (χ3n) is 6.42. The van der Waals surface area contributed by atoms with Crippen LogP contribution in [-0.4, -0.2) is 54.8 Å². The predicted molar refractivity (Wildman–Crippen MR) is 128 cm³/mol. The largest absolute Gasteiger partial charge is 0.457 e. The van der Waals surface area contributed by atoms with Crippen molar-refractivity contribution in [3.05, 3.63) is 89.5 Å². The van der Waals surface area contributed by atoms with Gasteiger partial charge in [0.25, 0.3) is 5.91 Å². The Balaban J connectivity index is 1.36. The highest BCUT2D eigenvalue weighted by molar-refractivity contribution is 6.04. The smallest absolute Gasteiger partial charge is 0.256 e. The van der Waals surface area contributed by atoms with Crippen LogP contribution in [0.2, 0.25) is 0 Å². The van der Waals surface area contributed by atoms with Crippen LogP contribution in [0.15, 0.2) is 72.8 Å². The van der Waals surface area contributed by atoms with Crippen molar-refractivity contribution in [1.29, 1.82) is 0 Å². The van der Waals surface area contributed by atoms with Crippen molar-refractivity contribution < 1.29 is 14.3 Å². The zero-order valence-corrected chi connectivity index (χ0v) is 18.7. The number of para-hydroxylation sites is 3. The number of nitrogens with one attached hydrogen (secondary N) is 1. The van der Waals surface area contributed by atoms with Crippen molar-refractivity contribution in [2.45, 2.75) is 12.3 Å². The Hall–Kier alpha value is -3.64. The van der Waals surface area contributed by atoms with E-state index in [2.05, 4.69) is 17.3 Å². The monoisotopic (exact) mass is 441 g/mol. The second-order valence-electron chi connectivity index (χ2n) is 8.62.